The number of hydrogen-bond donors (Lipinski definition) is 0. The molecule has 0 spiro atoms. The van der Waals surface area contributed by atoms with Gasteiger partial charge >= 0.3 is 0 Å². The van der Waals surface area contributed by atoms with E-state index >= 15 is 0 Å². The van der Waals surface area contributed by atoms with Crippen molar-refractivity contribution in [2.45, 2.75) is 18.7 Å². The molecule has 0 bridgehead atoms. The van der Waals surface area contributed by atoms with Crippen molar-refractivity contribution in [1.82, 2.24) is 4.98 Å². The number of aryl methyl sites for hydroxylation is 1. The van der Waals surface area contributed by atoms with Crippen molar-refractivity contribution in [3.63, 3.8) is 0 Å². The summed E-state index contributed by atoms with van der Waals surface area (Å²) in [6.45, 7) is 2.09. The standard InChI is InChI=1S/C16H13BrClNS/c1-10-6-7-11(17)8-12(10)13(18)9-16-19-14-4-2-3-5-15(14)20-16/h2-8,13H,9H2,1H3. The number of fused-ring (bicyclic) bond motifs is 1. The second-order valence-electron chi connectivity index (χ2n) is 4.75. The largest absolute Gasteiger partial charge is 0.241 e. The summed E-state index contributed by atoms with van der Waals surface area (Å²) in [5.41, 5.74) is 3.44. The highest BCUT2D eigenvalue weighted by Crippen LogP contribution is 2.32. The lowest BCUT2D eigenvalue weighted by Gasteiger charge is -2.11. The number of benzene rings is 2. The van der Waals surface area contributed by atoms with Gasteiger partial charge < -0.3 is 0 Å². The summed E-state index contributed by atoms with van der Waals surface area (Å²) in [7, 11) is 0. The van der Waals surface area contributed by atoms with Crippen LogP contribution >= 0.6 is 38.9 Å². The van der Waals surface area contributed by atoms with Crippen molar-refractivity contribution in [2.24, 2.45) is 0 Å². The topological polar surface area (TPSA) is 12.9 Å². The van der Waals surface area contributed by atoms with Gasteiger partial charge in [-0.15, -0.1) is 22.9 Å². The summed E-state index contributed by atoms with van der Waals surface area (Å²) >= 11 is 11.8. The van der Waals surface area contributed by atoms with E-state index in [1.165, 1.54) is 15.8 Å². The summed E-state index contributed by atoms with van der Waals surface area (Å²) in [5.74, 6) is 0. The molecule has 0 aliphatic rings. The lowest BCUT2D eigenvalue weighted by atomic mass is 10.0. The molecule has 0 fully saturated rings. The maximum atomic E-state index is 6.59. The number of aromatic nitrogens is 1. The second-order valence-corrected chi connectivity index (χ2v) is 7.31. The normalized spacial score (nSPS) is 12.8. The minimum Gasteiger partial charge on any atom is -0.241 e. The van der Waals surface area contributed by atoms with Crippen LogP contribution in [0.1, 0.15) is 21.5 Å². The van der Waals surface area contributed by atoms with Crippen LogP contribution in [-0.2, 0) is 6.42 Å². The highest BCUT2D eigenvalue weighted by Gasteiger charge is 2.14. The monoisotopic (exact) mass is 365 g/mol. The predicted molar refractivity (Wildman–Crippen MR) is 90.8 cm³/mol. The Morgan fingerprint density at radius 1 is 1.25 bits per heavy atom. The fourth-order valence-corrected chi connectivity index (χ4v) is 4.08. The van der Waals surface area contributed by atoms with Gasteiger partial charge in [0.25, 0.3) is 0 Å². The second kappa shape index (κ2) is 5.84. The average Bonchev–Trinajstić information content (AvgIpc) is 2.83. The molecule has 1 heterocycles. The van der Waals surface area contributed by atoms with Crippen LogP contribution in [0.4, 0.5) is 0 Å². The van der Waals surface area contributed by atoms with Crippen molar-refractivity contribution >= 4 is 49.1 Å². The zero-order valence-corrected chi connectivity index (χ0v) is 14.1. The first-order valence-electron chi connectivity index (χ1n) is 6.38. The maximum absolute atomic E-state index is 6.59. The molecule has 0 saturated carbocycles. The van der Waals surface area contributed by atoms with Gasteiger partial charge in [-0.1, -0.05) is 34.1 Å². The first-order valence-corrected chi connectivity index (χ1v) is 8.42. The van der Waals surface area contributed by atoms with E-state index in [9.17, 15) is 0 Å². The molecule has 1 nitrogen and oxygen atoms in total. The molecule has 0 N–H and O–H groups in total. The number of rotatable bonds is 3. The molecule has 0 saturated heterocycles. The molecule has 2 aromatic carbocycles. The van der Waals surface area contributed by atoms with Gasteiger partial charge in [0.2, 0.25) is 0 Å². The van der Waals surface area contributed by atoms with Crippen molar-refractivity contribution in [2.75, 3.05) is 0 Å². The third-order valence-corrected chi connectivity index (χ3v) is 5.21. The fourth-order valence-electron chi connectivity index (χ4n) is 2.22. The Morgan fingerprint density at radius 3 is 2.85 bits per heavy atom. The van der Waals surface area contributed by atoms with E-state index in [4.69, 9.17) is 11.6 Å². The molecule has 0 aliphatic carbocycles. The van der Waals surface area contributed by atoms with Gasteiger partial charge in [-0.05, 0) is 42.3 Å². The number of hydrogen-bond acceptors (Lipinski definition) is 2. The number of halogens is 2. The molecular weight excluding hydrogens is 354 g/mol. The summed E-state index contributed by atoms with van der Waals surface area (Å²) in [5, 5.41) is 1.04. The van der Waals surface area contributed by atoms with E-state index in [1.807, 2.05) is 24.3 Å². The summed E-state index contributed by atoms with van der Waals surface area (Å²) in [6, 6.07) is 14.4. The number of thiazole rings is 1. The first kappa shape index (κ1) is 14.1. The predicted octanol–water partition coefficient (Wildman–Crippen LogP) is 5.89. The van der Waals surface area contributed by atoms with E-state index < -0.39 is 0 Å². The molecule has 1 aromatic heterocycles. The summed E-state index contributed by atoms with van der Waals surface area (Å²) in [4.78, 5) is 4.65. The van der Waals surface area contributed by atoms with Gasteiger partial charge in [0.05, 0.1) is 20.6 Å². The Morgan fingerprint density at radius 2 is 2.05 bits per heavy atom. The van der Waals surface area contributed by atoms with Gasteiger partial charge in [0.1, 0.15) is 0 Å². The molecule has 3 rings (SSSR count). The molecule has 4 heteroatoms. The van der Waals surface area contributed by atoms with E-state index in [-0.39, 0.29) is 5.38 Å². The summed E-state index contributed by atoms with van der Waals surface area (Å²) in [6.07, 6.45) is 0.762. The zero-order chi connectivity index (χ0) is 14.1. The molecule has 0 amide bonds. The van der Waals surface area contributed by atoms with Crippen LogP contribution < -0.4 is 0 Å². The Labute approximate surface area is 135 Å². The van der Waals surface area contributed by atoms with Gasteiger partial charge in [0.15, 0.2) is 0 Å². The van der Waals surface area contributed by atoms with Gasteiger partial charge in [-0.25, -0.2) is 4.98 Å². The third-order valence-electron chi connectivity index (χ3n) is 3.27. The number of nitrogens with zero attached hydrogens (tertiary/aromatic N) is 1. The fraction of sp³-hybridized carbons (Fsp3) is 0.188. The molecule has 20 heavy (non-hydrogen) atoms. The van der Waals surface area contributed by atoms with Crippen LogP contribution in [0, 0.1) is 6.92 Å². The quantitative estimate of drug-likeness (QED) is 0.527. The molecule has 102 valence electrons. The van der Waals surface area contributed by atoms with Gasteiger partial charge in [0, 0.05) is 10.9 Å². The molecule has 1 atom stereocenters. The van der Waals surface area contributed by atoms with Crippen LogP contribution in [-0.4, -0.2) is 4.98 Å². The van der Waals surface area contributed by atoms with Gasteiger partial charge in [-0.2, -0.15) is 0 Å². The van der Waals surface area contributed by atoms with E-state index in [2.05, 4.69) is 46.0 Å². The number of para-hydroxylation sites is 1. The van der Waals surface area contributed by atoms with E-state index in [0.29, 0.717) is 0 Å². The zero-order valence-electron chi connectivity index (χ0n) is 10.9. The van der Waals surface area contributed by atoms with Crippen LogP contribution in [0.25, 0.3) is 10.2 Å². The molecular formula is C16H13BrClNS. The van der Waals surface area contributed by atoms with Crippen molar-refractivity contribution in [3.8, 4) is 0 Å². The summed E-state index contributed by atoms with van der Waals surface area (Å²) < 4.78 is 2.28. The molecule has 0 aliphatic heterocycles. The van der Waals surface area contributed by atoms with Crippen LogP contribution in [0.2, 0.25) is 0 Å². The molecule has 3 aromatic rings. The molecule has 0 radical (unpaired) electrons. The lowest BCUT2D eigenvalue weighted by Crippen LogP contribution is -1.98. The maximum Gasteiger partial charge on any atom is 0.0956 e. The minimum atomic E-state index is -0.0481. The average molecular weight is 367 g/mol. The van der Waals surface area contributed by atoms with E-state index in [1.54, 1.807) is 11.3 Å². The number of alkyl halides is 1. The Balaban J connectivity index is 1.88. The van der Waals surface area contributed by atoms with E-state index in [0.717, 1.165) is 21.4 Å². The smallest absolute Gasteiger partial charge is 0.0956 e. The molecule has 1 unspecified atom stereocenters. The van der Waals surface area contributed by atoms with Crippen molar-refractivity contribution in [3.05, 3.63) is 63.1 Å². The van der Waals surface area contributed by atoms with Crippen LogP contribution in [0.3, 0.4) is 0 Å². The Bertz CT molecular complexity index is 720. The lowest BCUT2D eigenvalue weighted by molar-refractivity contribution is 0.901. The van der Waals surface area contributed by atoms with Crippen molar-refractivity contribution < 1.29 is 0 Å². The van der Waals surface area contributed by atoms with Crippen molar-refractivity contribution in [1.29, 1.82) is 0 Å². The van der Waals surface area contributed by atoms with Crippen LogP contribution in [0.15, 0.2) is 46.9 Å². The highest BCUT2D eigenvalue weighted by atomic mass is 79.9. The highest BCUT2D eigenvalue weighted by molar-refractivity contribution is 9.10. The van der Waals surface area contributed by atoms with Gasteiger partial charge in [-0.3, -0.25) is 0 Å². The first-order chi connectivity index (χ1) is 9.63. The van der Waals surface area contributed by atoms with Crippen LogP contribution in [0.5, 0.6) is 0 Å². The third kappa shape index (κ3) is 2.90. The minimum absolute atomic E-state index is 0.0481. The Hall–Kier alpha value is -0.900. The Kier molecular flexibility index (Phi) is 4.11. The SMILES string of the molecule is Cc1ccc(Br)cc1C(Cl)Cc1nc2ccccc2s1.